The highest BCUT2D eigenvalue weighted by Gasteiger charge is 2.27. The van der Waals surface area contributed by atoms with Gasteiger partial charge < -0.3 is 14.8 Å². The Kier molecular flexibility index (Phi) is 6.10. The smallest absolute Gasteiger partial charge is 0.338 e. The van der Waals surface area contributed by atoms with E-state index in [1.807, 2.05) is 23.6 Å². The van der Waals surface area contributed by atoms with Crippen molar-refractivity contribution >= 4 is 23.1 Å². The second-order valence-corrected chi connectivity index (χ2v) is 8.46. The van der Waals surface area contributed by atoms with E-state index in [9.17, 15) is 14.7 Å². The van der Waals surface area contributed by atoms with Crippen LogP contribution in [0.3, 0.4) is 0 Å². The molecule has 4 rings (SSSR count). The molecule has 0 radical (unpaired) electrons. The number of fused-ring (bicyclic) bond motifs is 2. The molecule has 2 aromatic rings. The third-order valence-corrected chi connectivity index (χ3v) is 5.99. The zero-order valence-electron chi connectivity index (χ0n) is 18.2. The van der Waals surface area contributed by atoms with Gasteiger partial charge in [-0.1, -0.05) is 42.0 Å². The first-order valence-electron chi connectivity index (χ1n) is 10.8. The third kappa shape index (κ3) is 4.43. The number of benzene rings is 1. The molecule has 0 saturated carbocycles. The lowest BCUT2D eigenvalue weighted by atomic mass is 9.90. The van der Waals surface area contributed by atoms with Gasteiger partial charge in [-0.2, -0.15) is 0 Å². The molecule has 166 valence electrons. The standard InChI is InChI=1S/C25H27N3O4/c1-16(2)14-27-10-7-18(8-11-27)23-19-6-4-3-5-17(19)9-12-28-15-21(26-24(23)28)20(25(31)32)13-22(29)30/h3-6,13,15H,1,7-12,14H2,2H3,(H,29,30)(H,31,32)/b20-13-. The predicted octanol–water partition coefficient (Wildman–Crippen LogP) is 3.47. The molecule has 0 bridgehead atoms. The van der Waals surface area contributed by atoms with E-state index in [0.29, 0.717) is 18.4 Å². The Morgan fingerprint density at radius 2 is 1.84 bits per heavy atom. The Labute approximate surface area is 187 Å². The molecule has 7 nitrogen and oxygen atoms in total. The van der Waals surface area contributed by atoms with E-state index in [-0.39, 0.29) is 11.3 Å². The van der Waals surface area contributed by atoms with Crippen molar-refractivity contribution in [2.24, 2.45) is 0 Å². The average Bonchev–Trinajstić information content (AvgIpc) is 3.09. The van der Waals surface area contributed by atoms with Crippen LogP contribution in [0.1, 0.15) is 42.4 Å². The Hall–Kier alpha value is -3.45. The highest BCUT2D eigenvalue weighted by atomic mass is 16.4. The second kappa shape index (κ2) is 8.96. The molecule has 0 unspecified atom stereocenters. The Morgan fingerprint density at radius 1 is 1.12 bits per heavy atom. The van der Waals surface area contributed by atoms with Gasteiger partial charge in [0.1, 0.15) is 5.82 Å². The maximum absolute atomic E-state index is 11.7. The minimum Gasteiger partial charge on any atom is -0.478 e. The van der Waals surface area contributed by atoms with Crippen LogP contribution in [0.15, 0.2) is 54.3 Å². The van der Waals surface area contributed by atoms with Gasteiger partial charge in [-0.25, -0.2) is 14.6 Å². The van der Waals surface area contributed by atoms with Crippen LogP contribution >= 0.6 is 0 Å². The Bertz CT molecular complexity index is 1150. The predicted molar refractivity (Wildman–Crippen MR) is 122 cm³/mol. The van der Waals surface area contributed by atoms with Crippen molar-refractivity contribution in [1.29, 1.82) is 0 Å². The van der Waals surface area contributed by atoms with Crippen LogP contribution in [0.2, 0.25) is 0 Å². The van der Waals surface area contributed by atoms with E-state index in [1.54, 1.807) is 6.20 Å². The van der Waals surface area contributed by atoms with E-state index < -0.39 is 11.9 Å². The number of hydrogen-bond donors (Lipinski definition) is 2. The number of carbonyl (C=O) groups is 2. The fourth-order valence-corrected chi connectivity index (χ4v) is 4.59. The van der Waals surface area contributed by atoms with Gasteiger partial charge in [0.25, 0.3) is 0 Å². The number of imidazole rings is 1. The van der Waals surface area contributed by atoms with Crippen LogP contribution < -0.4 is 0 Å². The van der Waals surface area contributed by atoms with Gasteiger partial charge in [0, 0.05) is 44.0 Å². The molecule has 0 amide bonds. The third-order valence-electron chi connectivity index (χ3n) is 5.99. The van der Waals surface area contributed by atoms with E-state index in [0.717, 1.165) is 55.6 Å². The maximum Gasteiger partial charge on any atom is 0.338 e. The van der Waals surface area contributed by atoms with Crippen molar-refractivity contribution < 1.29 is 19.8 Å². The molecule has 7 heteroatoms. The van der Waals surface area contributed by atoms with Crippen LogP contribution in [-0.4, -0.2) is 56.2 Å². The van der Waals surface area contributed by atoms with E-state index >= 15 is 0 Å². The summed E-state index contributed by atoms with van der Waals surface area (Å²) in [5.41, 5.74) is 5.73. The Morgan fingerprint density at radius 3 is 2.50 bits per heavy atom. The zero-order chi connectivity index (χ0) is 22.8. The molecule has 2 aliphatic rings. The van der Waals surface area contributed by atoms with Crippen molar-refractivity contribution in [3.05, 3.63) is 76.9 Å². The molecule has 1 saturated heterocycles. The summed E-state index contributed by atoms with van der Waals surface area (Å²) < 4.78 is 1.97. The van der Waals surface area contributed by atoms with Crippen LogP contribution in [0, 0.1) is 0 Å². The van der Waals surface area contributed by atoms with Crippen molar-refractivity contribution in [2.75, 3.05) is 19.6 Å². The van der Waals surface area contributed by atoms with Crippen molar-refractivity contribution in [3.63, 3.8) is 0 Å². The minimum absolute atomic E-state index is 0.173. The summed E-state index contributed by atoms with van der Waals surface area (Å²) in [6.07, 6.45) is 4.97. The lowest BCUT2D eigenvalue weighted by molar-refractivity contribution is -0.133. The van der Waals surface area contributed by atoms with Crippen molar-refractivity contribution in [3.8, 4) is 0 Å². The zero-order valence-corrected chi connectivity index (χ0v) is 18.2. The number of aromatic nitrogens is 2. The molecule has 0 atom stereocenters. The topological polar surface area (TPSA) is 95.7 Å². The summed E-state index contributed by atoms with van der Waals surface area (Å²) >= 11 is 0. The molecule has 1 aromatic heterocycles. The molecule has 2 N–H and O–H groups in total. The average molecular weight is 434 g/mol. The van der Waals surface area contributed by atoms with Crippen LogP contribution in [0.5, 0.6) is 0 Å². The number of piperidine rings is 1. The molecule has 0 spiro atoms. The van der Waals surface area contributed by atoms with Crippen molar-refractivity contribution in [1.82, 2.24) is 14.5 Å². The largest absolute Gasteiger partial charge is 0.478 e. The van der Waals surface area contributed by atoms with Gasteiger partial charge in [-0.15, -0.1) is 0 Å². The van der Waals surface area contributed by atoms with Crippen LogP contribution in [-0.2, 0) is 22.6 Å². The number of aliphatic carboxylic acids is 2. The van der Waals surface area contributed by atoms with E-state index in [2.05, 4.69) is 28.6 Å². The van der Waals surface area contributed by atoms with Crippen LogP contribution in [0.4, 0.5) is 0 Å². The molecule has 1 aromatic carbocycles. The summed E-state index contributed by atoms with van der Waals surface area (Å²) in [4.78, 5) is 30.0. The first kappa shape index (κ1) is 21.8. The summed E-state index contributed by atoms with van der Waals surface area (Å²) in [7, 11) is 0. The molecule has 0 aliphatic carbocycles. The molecular formula is C25H27N3O4. The number of carboxylic acid groups (broad SMARTS) is 2. The first-order valence-corrected chi connectivity index (χ1v) is 10.8. The van der Waals surface area contributed by atoms with E-state index in [4.69, 9.17) is 5.11 Å². The van der Waals surface area contributed by atoms with Gasteiger partial charge in [0.2, 0.25) is 0 Å². The fraction of sp³-hybridized carbons (Fsp3) is 0.320. The SMILES string of the molecule is C=C(C)CN1CCC(=C2c3ccccc3CCn3cc(/C(=C/C(=O)O)C(=O)O)nc32)CC1. The highest BCUT2D eigenvalue weighted by Crippen LogP contribution is 2.36. The lowest BCUT2D eigenvalue weighted by Gasteiger charge is -2.30. The molecule has 2 aliphatic heterocycles. The maximum atomic E-state index is 11.7. The number of hydrogen-bond acceptors (Lipinski definition) is 4. The molecule has 1 fully saturated rings. The fourth-order valence-electron chi connectivity index (χ4n) is 4.59. The molecule has 3 heterocycles. The summed E-state index contributed by atoms with van der Waals surface area (Å²) in [6.45, 7) is 9.46. The monoisotopic (exact) mass is 433 g/mol. The quantitative estimate of drug-likeness (QED) is 0.554. The highest BCUT2D eigenvalue weighted by molar-refractivity contribution is 6.18. The van der Waals surface area contributed by atoms with Crippen molar-refractivity contribution in [2.45, 2.75) is 32.7 Å². The number of nitrogens with zero attached hydrogens (tertiary/aromatic N) is 3. The normalized spacial score (nSPS) is 16.8. The lowest BCUT2D eigenvalue weighted by Crippen LogP contribution is -2.32. The minimum atomic E-state index is -1.31. The first-order chi connectivity index (χ1) is 15.3. The number of aryl methyl sites for hydroxylation is 2. The molecular weight excluding hydrogens is 406 g/mol. The molecule has 32 heavy (non-hydrogen) atoms. The summed E-state index contributed by atoms with van der Waals surface area (Å²) in [5.74, 6) is -1.89. The van der Waals surface area contributed by atoms with Crippen LogP contribution in [0.25, 0.3) is 11.1 Å². The van der Waals surface area contributed by atoms with Gasteiger partial charge >= 0.3 is 11.9 Å². The summed E-state index contributed by atoms with van der Waals surface area (Å²) in [5, 5.41) is 18.7. The van der Waals surface area contributed by atoms with E-state index in [1.165, 1.54) is 11.1 Å². The van der Waals surface area contributed by atoms with Gasteiger partial charge in [-0.3, -0.25) is 4.90 Å². The number of carboxylic acids is 2. The number of rotatable bonds is 5. The van der Waals surface area contributed by atoms with Gasteiger partial charge in [-0.05, 0) is 37.3 Å². The van der Waals surface area contributed by atoms with Gasteiger partial charge in [0.05, 0.1) is 11.3 Å². The summed E-state index contributed by atoms with van der Waals surface area (Å²) in [6, 6.07) is 8.29. The van der Waals surface area contributed by atoms with Gasteiger partial charge in [0.15, 0.2) is 0 Å². The Balaban J connectivity index is 1.82. The second-order valence-electron chi connectivity index (χ2n) is 8.46. The number of likely N-dealkylation sites (tertiary alicyclic amines) is 1.